The van der Waals surface area contributed by atoms with Crippen LogP contribution in [0.2, 0.25) is 0 Å². The van der Waals surface area contributed by atoms with Crippen LogP contribution in [-0.4, -0.2) is 111 Å². The van der Waals surface area contributed by atoms with Crippen LogP contribution in [0.3, 0.4) is 0 Å². The Morgan fingerprint density at radius 2 is 1.16 bits per heavy atom. The third-order valence-corrected chi connectivity index (χ3v) is 6.99. The number of fused-ring (bicyclic) bond motifs is 5. The van der Waals surface area contributed by atoms with E-state index < -0.39 is 135 Å². The number of aliphatic hydroxyl groups is 2. The molecule has 45 heavy (non-hydrogen) atoms. The summed E-state index contributed by atoms with van der Waals surface area (Å²) in [6.07, 6.45) is -10.2. The fraction of sp³-hybridized carbons (Fsp3) is 0.222. The number of phenolic OH excluding ortho intramolecular Hbond substituents is 9. The van der Waals surface area contributed by atoms with Crippen LogP contribution in [0.25, 0.3) is 11.1 Å². The Bertz CT molecular complexity index is 1730. The highest BCUT2D eigenvalue weighted by Crippen LogP contribution is 2.53. The van der Waals surface area contributed by atoms with Crippen LogP contribution < -0.4 is 0 Å². The average Bonchev–Trinajstić information content (AvgIpc) is 2.99. The minimum absolute atomic E-state index is 0.508. The van der Waals surface area contributed by atoms with Gasteiger partial charge in [0.2, 0.25) is 17.8 Å². The fourth-order valence-corrected chi connectivity index (χ4v) is 4.71. The minimum atomic E-state index is -2.22. The van der Waals surface area contributed by atoms with Gasteiger partial charge in [0.15, 0.2) is 52.5 Å². The molecule has 11 N–H and O–H groups in total. The van der Waals surface area contributed by atoms with Gasteiger partial charge in [-0.25, -0.2) is 14.4 Å². The number of carbonyl (C=O) groups excluding carboxylic acids is 3. The third-order valence-electron chi connectivity index (χ3n) is 6.99. The summed E-state index contributed by atoms with van der Waals surface area (Å²) in [4.78, 5) is 39.4. The van der Waals surface area contributed by atoms with E-state index in [1.165, 1.54) is 0 Å². The monoisotopic (exact) mass is 634 g/mol. The number of hydrogen-bond acceptors (Lipinski definition) is 18. The molecule has 0 aromatic heterocycles. The molecule has 0 unspecified atom stereocenters. The smallest absolute Gasteiger partial charge is 0.340 e. The van der Waals surface area contributed by atoms with Gasteiger partial charge in [0.25, 0.3) is 0 Å². The maximum atomic E-state index is 13.5. The number of phenols is 9. The fourth-order valence-electron chi connectivity index (χ4n) is 4.71. The highest BCUT2D eigenvalue weighted by molar-refractivity contribution is 6.08. The Kier molecular flexibility index (Phi) is 7.49. The van der Waals surface area contributed by atoms with Gasteiger partial charge in [0.1, 0.15) is 18.8 Å². The number of benzene rings is 3. The van der Waals surface area contributed by atoms with Crippen molar-refractivity contribution in [3.63, 3.8) is 0 Å². The second-order valence-corrected chi connectivity index (χ2v) is 9.79. The van der Waals surface area contributed by atoms with Gasteiger partial charge in [-0.15, -0.1) is 0 Å². The zero-order valence-corrected chi connectivity index (χ0v) is 22.2. The van der Waals surface area contributed by atoms with Crippen molar-refractivity contribution < 1.29 is 89.5 Å². The second-order valence-electron chi connectivity index (χ2n) is 9.79. The zero-order chi connectivity index (χ0) is 33.1. The molecule has 238 valence electrons. The lowest BCUT2D eigenvalue weighted by molar-refractivity contribution is -0.284. The number of rotatable bonds is 2. The maximum Gasteiger partial charge on any atom is 0.340 e. The van der Waals surface area contributed by atoms with Crippen molar-refractivity contribution in [3.05, 3.63) is 41.0 Å². The van der Waals surface area contributed by atoms with Gasteiger partial charge in [-0.05, 0) is 24.3 Å². The normalized spacial score (nSPS) is 22.9. The summed E-state index contributed by atoms with van der Waals surface area (Å²) in [6, 6.07) is 2.45. The van der Waals surface area contributed by atoms with E-state index in [4.69, 9.17) is 18.9 Å². The first kappa shape index (κ1) is 30.6. The number of carbonyl (C=O) groups is 3. The number of esters is 3. The molecule has 5 rings (SSSR count). The average molecular weight is 634 g/mol. The van der Waals surface area contributed by atoms with E-state index in [0.29, 0.717) is 24.3 Å². The number of hydrogen-bond donors (Lipinski definition) is 11. The molecule has 1 saturated heterocycles. The highest BCUT2D eigenvalue weighted by Gasteiger charge is 2.50. The van der Waals surface area contributed by atoms with E-state index >= 15 is 0 Å². The van der Waals surface area contributed by atoms with Gasteiger partial charge in [-0.2, -0.15) is 0 Å². The predicted molar refractivity (Wildman–Crippen MR) is 139 cm³/mol. The Morgan fingerprint density at radius 3 is 1.69 bits per heavy atom. The summed E-state index contributed by atoms with van der Waals surface area (Å²) in [5, 5.41) is 113. The first-order valence-corrected chi connectivity index (χ1v) is 12.5. The van der Waals surface area contributed by atoms with Crippen LogP contribution in [0.5, 0.6) is 51.7 Å². The van der Waals surface area contributed by atoms with Gasteiger partial charge < -0.3 is 75.1 Å². The van der Waals surface area contributed by atoms with E-state index in [2.05, 4.69) is 0 Å². The summed E-state index contributed by atoms with van der Waals surface area (Å²) in [6.45, 7) is -0.947. The molecular weight excluding hydrogens is 612 g/mol. The lowest BCUT2D eigenvalue weighted by Gasteiger charge is -2.41. The van der Waals surface area contributed by atoms with Gasteiger partial charge in [0, 0.05) is 11.1 Å². The predicted octanol–water partition coefficient (Wildman–Crippen LogP) is -0.297. The van der Waals surface area contributed by atoms with Crippen molar-refractivity contribution in [1.29, 1.82) is 0 Å². The lowest BCUT2D eigenvalue weighted by atomic mass is 9.91. The summed E-state index contributed by atoms with van der Waals surface area (Å²) in [5.74, 6) is -14.5. The van der Waals surface area contributed by atoms with Crippen LogP contribution >= 0.6 is 0 Å². The van der Waals surface area contributed by atoms with Crippen LogP contribution in [0.4, 0.5) is 0 Å². The second kappa shape index (κ2) is 11.0. The van der Waals surface area contributed by atoms with E-state index in [1.54, 1.807) is 0 Å². The SMILES string of the molecule is O=C(O[C@@H]1O[C@H]2COC(=O)c3cc(O)c(O)c(O)c3-c3c(cc(O)c(O)c3O)C(=O)O[C@@H]([C@H]2O)[C@H]1O)c1cc(O)c(O)c(O)c1. The molecule has 2 aliphatic rings. The largest absolute Gasteiger partial charge is 0.504 e. The molecule has 5 atom stereocenters. The van der Waals surface area contributed by atoms with Gasteiger partial charge in [-0.3, -0.25) is 0 Å². The van der Waals surface area contributed by atoms with Crippen molar-refractivity contribution in [2.24, 2.45) is 0 Å². The van der Waals surface area contributed by atoms with Crippen LogP contribution in [0.15, 0.2) is 24.3 Å². The number of aromatic hydroxyl groups is 9. The molecule has 18 nitrogen and oxygen atoms in total. The Balaban J connectivity index is 1.61. The Hall–Kier alpha value is -5.85. The molecular formula is C27H22O18. The quantitative estimate of drug-likeness (QED) is 0.0979. The maximum absolute atomic E-state index is 13.5. The first-order valence-electron chi connectivity index (χ1n) is 12.5. The summed E-state index contributed by atoms with van der Waals surface area (Å²) in [7, 11) is 0. The van der Waals surface area contributed by atoms with Crippen LogP contribution in [0, 0.1) is 0 Å². The van der Waals surface area contributed by atoms with Crippen molar-refractivity contribution in [1.82, 2.24) is 0 Å². The minimum Gasteiger partial charge on any atom is -0.504 e. The summed E-state index contributed by atoms with van der Waals surface area (Å²) < 4.78 is 20.8. The van der Waals surface area contributed by atoms with E-state index in [-0.39, 0.29) is 0 Å². The molecule has 2 bridgehead atoms. The standard InChI is InChI=1S/C27H22O18/c28-9-1-6(2-10(29)16(9)32)24(39)45-27-22(38)23-19(35)13(43-27)5-42-25(40)7-3-11(30)17(33)20(36)14(7)15-8(26(41)44-23)4-12(31)18(34)21(15)37/h1-4,13,19,22-23,27-38H,5H2/t13-,19-,22+,23-,27-/m0/s1. The summed E-state index contributed by atoms with van der Waals surface area (Å²) >= 11 is 0. The van der Waals surface area contributed by atoms with Crippen LogP contribution in [0.1, 0.15) is 31.1 Å². The van der Waals surface area contributed by atoms with Gasteiger partial charge >= 0.3 is 17.9 Å². The van der Waals surface area contributed by atoms with Crippen LogP contribution in [-0.2, 0) is 18.9 Å². The number of cyclic esters (lactones) is 1. The van der Waals surface area contributed by atoms with Crippen molar-refractivity contribution in [2.45, 2.75) is 30.7 Å². The molecule has 0 aliphatic carbocycles. The van der Waals surface area contributed by atoms with Crippen molar-refractivity contribution >= 4 is 17.9 Å². The molecule has 2 aliphatic heterocycles. The number of ether oxygens (including phenoxy) is 4. The third kappa shape index (κ3) is 5.07. The van der Waals surface area contributed by atoms with E-state index in [0.717, 1.165) is 0 Å². The zero-order valence-electron chi connectivity index (χ0n) is 22.2. The lowest BCUT2D eigenvalue weighted by Crippen LogP contribution is -2.61. The Labute approximate surface area is 248 Å². The topological polar surface area (TPSA) is 311 Å². The van der Waals surface area contributed by atoms with Gasteiger partial charge in [-0.1, -0.05) is 0 Å². The van der Waals surface area contributed by atoms with E-state index in [9.17, 15) is 70.6 Å². The molecule has 18 heteroatoms. The van der Waals surface area contributed by atoms with Gasteiger partial charge in [0.05, 0.1) is 16.7 Å². The first-order chi connectivity index (χ1) is 21.1. The van der Waals surface area contributed by atoms with Crippen molar-refractivity contribution in [2.75, 3.05) is 6.61 Å². The molecule has 0 spiro atoms. The highest BCUT2D eigenvalue weighted by atomic mass is 16.7. The van der Waals surface area contributed by atoms with Crippen molar-refractivity contribution in [3.8, 4) is 62.9 Å². The molecule has 0 saturated carbocycles. The molecule has 0 amide bonds. The molecule has 3 aromatic rings. The molecule has 0 radical (unpaired) electrons. The summed E-state index contributed by atoms with van der Waals surface area (Å²) in [5.41, 5.74) is -4.12. The molecule has 2 heterocycles. The molecule has 1 fully saturated rings. The molecule has 3 aromatic carbocycles. The number of aliphatic hydroxyl groups excluding tert-OH is 2. The Morgan fingerprint density at radius 1 is 0.667 bits per heavy atom. The van der Waals surface area contributed by atoms with E-state index in [1.807, 2.05) is 0 Å².